The summed E-state index contributed by atoms with van der Waals surface area (Å²) in [4.78, 5) is 28.9. The third-order valence-corrected chi connectivity index (χ3v) is 5.08. The lowest BCUT2D eigenvalue weighted by Gasteiger charge is -2.35. The molecule has 3 aromatic rings. The van der Waals surface area contributed by atoms with Crippen LogP contribution in [0.15, 0.2) is 72.8 Å². The Labute approximate surface area is 178 Å². The van der Waals surface area contributed by atoms with Gasteiger partial charge in [-0.3, -0.25) is 9.69 Å². The molecule has 1 N–H and O–H groups in total. The van der Waals surface area contributed by atoms with Crippen molar-refractivity contribution < 1.29 is 18.4 Å². The predicted octanol–water partition coefficient (Wildman–Crippen LogP) is 5.05. The molecule has 0 unspecified atom stereocenters. The van der Waals surface area contributed by atoms with E-state index >= 15 is 0 Å². The van der Waals surface area contributed by atoms with Gasteiger partial charge in [-0.2, -0.15) is 0 Å². The predicted molar refractivity (Wildman–Crippen MR) is 115 cm³/mol. The molecule has 1 heterocycles. The van der Waals surface area contributed by atoms with Gasteiger partial charge < -0.3 is 10.2 Å². The van der Waals surface area contributed by atoms with Crippen molar-refractivity contribution in [1.29, 1.82) is 0 Å². The molecule has 0 radical (unpaired) electrons. The summed E-state index contributed by atoms with van der Waals surface area (Å²) in [5.41, 5.74) is 2.03. The van der Waals surface area contributed by atoms with E-state index in [1.165, 1.54) is 30.3 Å². The molecule has 31 heavy (non-hydrogen) atoms. The Bertz CT molecular complexity index is 1120. The molecule has 0 aliphatic carbocycles. The Balaban J connectivity index is 1.49. The van der Waals surface area contributed by atoms with Crippen LogP contribution in [0.4, 0.5) is 25.0 Å². The highest BCUT2D eigenvalue weighted by Gasteiger charge is 2.27. The fourth-order valence-electron chi connectivity index (χ4n) is 3.61. The molecular formula is C24H21F2N3O2. The van der Waals surface area contributed by atoms with Crippen molar-refractivity contribution in [2.75, 3.05) is 23.3 Å². The topological polar surface area (TPSA) is 52.7 Å². The summed E-state index contributed by atoms with van der Waals surface area (Å²) in [6, 6.07) is 18.4. The number of halogens is 2. The van der Waals surface area contributed by atoms with E-state index in [4.69, 9.17) is 0 Å². The molecule has 0 bridgehead atoms. The van der Waals surface area contributed by atoms with Crippen molar-refractivity contribution >= 4 is 23.3 Å². The zero-order chi connectivity index (χ0) is 21.8. The van der Waals surface area contributed by atoms with Crippen LogP contribution in [-0.2, 0) is 6.54 Å². The highest BCUT2D eigenvalue weighted by Crippen LogP contribution is 2.23. The zero-order valence-electron chi connectivity index (χ0n) is 16.7. The van der Waals surface area contributed by atoms with Crippen molar-refractivity contribution in [3.8, 4) is 0 Å². The average molecular weight is 421 g/mol. The third kappa shape index (κ3) is 4.88. The first-order valence-electron chi connectivity index (χ1n) is 9.97. The molecular weight excluding hydrogens is 400 g/mol. The van der Waals surface area contributed by atoms with Gasteiger partial charge >= 0.3 is 6.03 Å². The van der Waals surface area contributed by atoms with E-state index in [-0.39, 0.29) is 11.8 Å². The number of hydrogen-bond acceptors (Lipinski definition) is 2. The summed E-state index contributed by atoms with van der Waals surface area (Å²) >= 11 is 0. The Morgan fingerprint density at radius 3 is 2.42 bits per heavy atom. The molecule has 7 heteroatoms. The number of anilines is 2. The molecule has 1 saturated heterocycles. The molecule has 0 atom stereocenters. The van der Waals surface area contributed by atoms with Crippen LogP contribution in [0.25, 0.3) is 0 Å². The Kier molecular flexibility index (Phi) is 5.93. The number of carbonyl (C=O) groups excluding carboxylic acids is 2. The van der Waals surface area contributed by atoms with Crippen LogP contribution in [0.3, 0.4) is 0 Å². The largest absolute Gasteiger partial charge is 0.324 e. The van der Waals surface area contributed by atoms with Crippen LogP contribution in [-0.4, -0.2) is 29.9 Å². The molecule has 1 fully saturated rings. The SMILES string of the molecule is O=C(Nc1cccc(F)c1)c1cccc(N2CCCN(Cc3cccc(F)c3)C2=O)c1. The Morgan fingerprint density at radius 1 is 0.903 bits per heavy atom. The number of urea groups is 1. The second kappa shape index (κ2) is 8.95. The highest BCUT2D eigenvalue weighted by atomic mass is 19.1. The van der Waals surface area contributed by atoms with Crippen LogP contribution in [0.1, 0.15) is 22.3 Å². The van der Waals surface area contributed by atoms with Gasteiger partial charge in [0.05, 0.1) is 0 Å². The second-order valence-corrected chi connectivity index (χ2v) is 7.35. The third-order valence-electron chi connectivity index (χ3n) is 5.08. The summed E-state index contributed by atoms with van der Waals surface area (Å²) in [5, 5.41) is 2.66. The van der Waals surface area contributed by atoms with E-state index in [9.17, 15) is 18.4 Å². The van der Waals surface area contributed by atoms with E-state index in [0.29, 0.717) is 36.6 Å². The summed E-state index contributed by atoms with van der Waals surface area (Å²) in [7, 11) is 0. The maximum atomic E-state index is 13.5. The molecule has 0 aromatic heterocycles. The fourth-order valence-corrected chi connectivity index (χ4v) is 3.61. The minimum absolute atomic E-state index is 0.196. The molecule has 1 aliphatic heterocycles. The van der Waals surface area contributed by atoms with Gasteiger partial charge in [-0.25, -0.2) is 13.6 Å². The van der Waals surface area contributed by atoms with Gasteiger partial charge in [0.2, 0.25) is 0 Å². The van der Waals surface area contributed by atoms with Gasteiger partial charge in [0, 0.05) is 36.6 Å². The molecule has 3 amide bonds. The van der Waals surface area contributed by atoms with Crippen molar-refractivity contribution in [1.82, 2.24) is 4.90 Å². The van der Waals surface area contributed by atoms with Gasteiger partial charge in [0.25, 0.3) is 5.91 Å². The fraction of sp³-hybridized carbons (Fsp3) is 0.167. The van der Waals surface area contributed by atoms with E-state index in [1.54, 1.807) is 52.3 Å². The number of carbonyl (C=O) groups is 2. The minimum Gasteiger partial charge on any atom is -0.322 e. The first-order valence-corrected chi connectivity index (χ1v) is 9.97. The van der Waals surface area contributed by atoms with E-state index in [1.807, 2.05) is 0 Å². The first kappa shape index (κ1) is 20.5. The monoisotopic (exact) mass is 421 g/mol. The summed E-state index contributed by atoms with van der Waals surface area (Å²) in [5.74, 6) is -1.17. The lowest BCUT2D eigenvalue weighted by Crippen LogP contribution is -2.49. The van der Waals surface area contributed by atoms with Gasteiger partial charge in [-0.1, -0.05) is 24.3 Å². The maximum Gasteiger partial charge on any atom is 0.324 e. The molecule has 4 rings (SSSR count). The lowest BCUT2D eigenvalue weighted by atomic mass is 10.1. The van der Waals surface area contributed by atoms with Gasteiger partial charge in [0.1, 0.15) is 11.6 Å². The number of benzene rings is 3. The number of hydrogen-bond donors (Lipinski definition) is 1. The van der Waals surface area contributed by atoms with Crippen LogP contribution >= 0.6 is 0 Å². The zero-order valence-corrected chi connectivity index (χ0v) is 16.7. The number of amides is 3. The van der Waals surface area contributed by atoms with E-state index in [2.05, 4.69) is 5.32 Å². The lowest BCUT2D eigenvalue weighted by molar-refractivity contribution is 0.102. The second-order valence-electron chi connectivity index (χ2n) is 7.35. The van der Waals surface area contributed by atoms with Crippen molar-refractivity contribution in [3.05, 3.63) is 95.6 Å². The molecule has 0 saturated carbocycles. The minimum atomic E-state index is -0.441. The van der Waals surface area contributed by atoms with E-state index in [0.717, 1.165) is 12.0 Å². The average Bonchev–Trinajstić information content (AvgIpc) is 2.75. The molecule has 1 aliphatic rings. The number of nitrogens with one attached hydrogen (secondary N) is 1. The maximum absolute atomic E-state index is 13.5. The Hall–Kier alpha value is -3.74. The van der Waals surface area contributed by atoms with Crippen LogP contribution in [0.2, 0.25) is 0 Å². The van der Waals surface area contributed by atoms with Gasteiger partial charge in [-0.15, -0.1) is 0 Å². The first-order chi connectivity index (χ1) is 15.0. The van der Waals surface area contributed by atoms with Gasteiger partial charge in [-0.05, 0) is 60.5 Å². The van der Waals surface area contributed by atoms with Crippen molar-refractivity contribution in [2.24, 2.45) is 0 Å². The number of rotatable bonds is 5. The van der Waals surface area contributed by atoms with Crippen LogP contribution in [0, 0.1) is 11.6 Å². The molecule has 3 aromatic carbocycles. The van der Waals surface area contributed by atoms with Gasteiger partial charge in [0.15, 0.2) is 0 Å². The summed E-state index contributed by atoms with van der Waals surface area (Å²) < 4.78 is 26.9. The highest BCUT2D eigenvalue weighted by molar-refractivity contribution is 6.05. The van der Waals surface area contributed by atoms with Crippen molar-refractivity contribution in [2.45, 2.75) is 13.0 Å². The summed E-state index contributed by atoms with van der Waals surface area (Å²) in [6.45, 7) is 1.41. The van der Waals surface area contributed by atoms with Crippen LogP contribution in [0.5, 0.6) is 0 Å². The van der Waals surface area contributed by atoms with Crippen molar-refractivity contribution in [3.63, 3.8) is 0 Å². The summed E-state index contributed by atoms with van der Waals surface area (Å²) in [6.07, 6.45) is 0.751. The number of nitrogens with zero attached hydrogens (tertiary/aromatic N) is 2. The smallest absolute Gasteiger partial charge is 0.322 e. The molecule has 0 spiro atoms. The van der Waals surface area contributed by atoms with Crippen LogP contribution < -0.4 is 10.2 Å². The standard InChI is InChI=1S/C24H21F2N3O2/c25-19-7-1-5-17(13-19)16-28-11-4-12-29(24(28)31)22-10-2-6-18(14-22)23(30)27-21-9-3-8-20(26)15-21/h1-3,5-10,13-15H,4,11-12,16H2,(H,27,30). The molecule has 158 valence electrons. The van der Waals surface area contributed by atoms with E-state index < -0.39 is 11.7 Å². The molecule has 5 nitrogen and oxygen atoms in total. The quantitative estimate of drug-likeness (QED) is 0.627. The Morgan fingerprint density at radius 2 is 1.65 bits per heavy atom. The normalized spacial score (nSPS) is 13.9.